The maximum Gasteiger partial charge on any atom is 0.133 e. The van der Waals surface area contributed by atoms with Crippen LogP contribution in [0.2, 0.25) is 0 Å². The van der Waals surface area contributed by atoms with Gasteiger partial charge in [0.05, 0.1) is 0 Å². The molecular weight excluding hydrogens is 284 g/mol. The van der Waals surface area contributed by atoms with Crippen LogP contribution in [0.3, 0.4) is 0 Å². The number of ether oxygens (including phenoxy) is 1. The van der Waals surface area contributed by atoms with Gasteiger partial charge in [-0.3, -0.25) is 0 Å². The van der Waals surface area contributed by atoms with E-state index in [-0.39, 0.29) is 5.78 Å². The van der Waals surface area contributed by atoms with E-state index in [9.17, 15) is 4.79 Å². The molecule has 2 heteroatoms. The lowest BCUT2D eigenvalue weighted by Crippen LogP contribution is -1.96. The molecule has 0 fully saturated rings. The highest BCUT2D eigenvalue weighted by atomic mass is 16.5. The quantitative estimate of drug-likeness (QED) is 0.687. The number of benzene rings is 2. The van der Waals surface area contributed by atoms with Gasteiger partial charge < -0.3 is 9.53 Å². The van der Waals surface area contributed by atoms with E-state index in [1.165, 1.54) is 47.2 Å². The second-order valence-corrected chi connectivity index (χ2v) is 6.47. The molecular formula is C21H28O2. The molecule has 23 heavy (non-hydrogen) atoms. The van der Waals surface area contributed by atoms with Crippen LogP contribution in [0.15, 0.2) is 24.3 Å². The first-order chi connectivity index (χ1) is 10.6. The van der Waals surface area contributed by atoms with Crippen molar-refractivity contribution >= 4 is 5.78 Å². The zero-order valence-electron chi connectivity index (χ0n) is 15.6. The van der Waals surface area contributed by atoms with E-state index in [4.69, 9.17) is 4.74 Å². The Morgan fingerprint density at radius 3 is 1.09 bits per heavy atom. The van der Waals surface area contributed by atoms with Crippen molar-refractivity contribution in [2.45, 2.75) is 55.4 Å². The van der Waals surface area contributed by atoms with E-state index >= 15 is 0 Å². The third-order valence-electron chi connectivity index (χ3n) is 3.41. The number of hydrogen-bond acceptors (Lipinski definition) is 2. The fourth-order valence-electron chi connectivity index (χ4n) is 2.76. The first-order valence-electron chi connectivity index (χ1n) is 7.92. The molecule has 0 bridgehead atoms. The molecule has 0 aliphatic rings. The number of rotatable bonds is 2. The van der Waals surface area contributed by atoms with Crippen LogP contribution in [-0.4, -0.2) is 5.78 Å². The second-order valence-electron chi connectivity index (χ2n) is 6.47. The summed E-state index contributed by atoms with van der Waals surface area (Å²) < 4.78 is 6.21. The highest BCUT2D eigenvalue weighted by molar-refractivity contribution is 5.72. The second kappa shape index (κ2) is 7.96. The summed E-state index contributed by atoms with van der Waals surface area (Å²) in [5, 5.41) is 0. The zero-order valence-corrected chi connectivity index (χ0v) is 15.6. The smallest absolute Gasteiger partial charge is 0.133 e. The molecule has 124 valence electrons. The van der Waals surface area contributed by atoms with Gasteiger partial charge in [0.2, 0.25) is 0 Å². The molecule has 2 rings (SSSR count). The van der Waals surface area contributed by atoms with Gasteiger partial charge >= 0.3 is 0 Å². The van der Waals surface area contributed by atoms with Crippen LogP contribution in [0.1, 0.15) is 47.2 Å². The standard InChI is InChI=1S/C18H22O.C3H6O/c1-11-7-13(3)17(14(4)8-11)19-18-15(5)9-12(2)10-16(18)6;1-3(2)4/h7-10H,1-6H3;1-2H3. The fourth-order valence-corrected chi connectivity index (χ4v) is 2.76. The monoisotopic (exact) mass is 312 g/mol. The fraction of sp³-hybridized carbons (Fsp3) is 0.381. The third-order valence-corrected chi connectivity index (χ3v) is 3.41. The lowest BCUT2D eigenvalue weighted by atomic mass is 10.0. The predicted molar refractivity (Wildman–Crippen MR) is 97.7 cm³/mol. The predicted octanol–water partition coefficient (Wildman–Crippen LogP) is 5.92. The minimum atomic E-state index is 0.167. The van der Waals surface area contributed by atoms with Crippen LogP contribution in [0.25, 0.3) is 0 Å². The summed E-state index contributed by atoms with van der Waals surface area (Å²) in [5.74, 6) is 2.14. The average Bonchev–Trinajstić information content (AvgIpc) is 2.34. The van der Waals surface area contributed by atoms with Crippen molar-refractivity contribution in [1.82, 2.24) is 0 Å². The molecule has 2 aromatic carbocycles. The van der Waals surface area contributed by atoms with Crippen LogP contribution in [0, 0.1) is 41.5 Å². The van der Waals surface area contributed by atoms with Crippen molar-refractivity contribution in [3.8, 4) is 11.5 Å². The van der Waals surface area contributed by atoms with Crippen molar-refractivity contribution in [2.24, 2.45) is 0 Å². The molecule has 0 amide bonds. The van der Waals surface area contributed by atoms with E-state index in [2.05, 4.69) is 65.8 Å². The maximum absolute atomic E-state index is 9.44. The number of aryl methyl sites for hydroxylation is 6. The van der Waals surface area contributed by atoms with Gasteiger partial charge in [-0.15, -0.1) is 0 Å². The Labute approximate surface area is 140 Å². The summed E-state index contributed by atoms with van der Waals surface area (Å²) >= 11 is 0. The molecule has 2 aromatic rings. The topological polar surface area (TPSA) is 26.3 Å². The summed E-state index contributed by atoms with van der Waals surface area (Å²) in [4.78, 5) is 9.44. The minimum absolute atomic E-state index is 0.167. The van der Waals surface area contributed by atoms with Gasteiger partial charge in [-0.1, -0.05) is 35.4 Å². The molecule has 0 radical (unpaired) electrons. The molecule has 0 aromatic heterocycles. The van der Waals surface area contributed by atoms with Gasteiger partial charge in [0, 0.05) is 0 Å². The highest BCUT2D eigenvalue weighted by Crippen LogP contribution is 2.34. The molecule has 2 nitrogen and oxygen atoms in total. The van der Waals surface area contributed by atoms with Gasteiger partial charge in [0.1, 0.15) is 17.3 Å². The minimum Gasteiger partial charge on any atom is -0.456 e. The van der Waals surface area contributed by atoms with Gasteiger partial charge in [-0.25, -0.2) is 0 Å². The van der Waals surface area contributed by atoms with Gasteiger partial charge in [0.25, 0.3) is 0 Å². The first-order valence-corrected chi connectivity index (χ1v) is 7.92. The molecule has 0 saturated heterocycles. The lowest BCUT2D eigenvalue weighted by molar-refractivity contribution is -0.114. The van der Waals surface area contributed by atoms with Crippen molar-refractivity contribution in [2.75, 3.05) is 0 Å². The normalized spacial score (nSPS) is 9.91. The molecule has 0 atom stereocenters. The van der Waals surface area contributed by atoms with Crippen molar-refractivity contribution in [3.63, 3.8) is 0 Å². The van der Waals surface area contributed by atoms with Crippen LogP contribution in [0.4, 0.5) is 0 Å². The largest absolute Gasteiger partial charge is 0.456 e. The Morgan fingerprint density at radius 1 is 0.652 bits per heavy atom. The summed E-state index contributed by atoms with van der Waals surface area (Å²) in [5.41, 5.74) is 7.32. The van der Waals surface area contributed by atoms with E-state index in [0.29, 0.717) is 0 Å². The molecule has 0 unspecified atom stereocenters. The maximum atomic E-state index is 9.44. The summed E-state index contributed by atoms with van der Waals surface area (Å²) in [6.07, 6.45) is 0. The Balaban J connectivity index is 0.000000593. The Hall–Kier alpha value is -2.09. The van der Waals surface area contributed by atoms with Crippen molar-refractivity contribution in [3.05, 3.63) is 57.6 Å². The van der Waals surface area contributed by atoms with Crippen LogP contribution < -0.4 is 4.74 Å². The summed E-state index contributed by atoms with van der Waals surface area (Å²) in [7, 11) is 0. The van der Waals surface area contributed by atoms with Gasteiger partial charge in [-0.05, 0) is 77.6 Å². The average molecular weight is 312 g/mol. The first kappa shape index (κ1) is 19.0. The Morgan fingerprint density at radius 2 is 0.870 bits per heavy atom. The summed E-state index contributed by atoms with van der Waals surface area (Å²) in [6, 6.07) is 8.67. The molecule has 0 saturated carbocycles. The van der Waals surface area contributed by atoms with E-state index in [0.717, 1.165) is 11.5 Å². The van der Waals surface area contributed by atoms with E-state index < -0.39 is 0 Å². The summed E-state index contributed by atoms with van der Waals surface area (Å²) in [6.45, 7) is 15.7. The van der Waals surface area contributed by atoms with Crippen molar-refractivity contribution in [1.29, 1.82) is 0 Å². The molecule has 0 heterocycles. The van der Waals surface area contributed by atoms with Gasteiger partial charge in [-0.2, -0.15) is 0 Å². The van der Waals surface area contributed by atoms with Gasteiger partial charge in [0.15, 0.2) is 0 Å². The van der Waals surface area contributed by atoms with Crippen LogP contribution in [-0.2, 0) is 4.79 Å². The third kappa shape index (κ3) is 5.55. The van der Waals surface area contributed by atoms with Crippen molar-refractivity contribution < 1.29 is 9.53 Å². The zero-order chi connectivity index (χ0) is 17.7. The molecule has 0 spiro atoms. The number of carbonyl (C=O) groups excluding carboxylic acids is 1. The SMILES string of the molecule is CC(C)=O.Cc1cc(C)c(Oc2c(C)cc(C)cc2C)c(C)c1. The number of carbonyl (C=O) groups is 1. The molecule has 0 aliphatic heterocycles. The number of ketones is 1. The van der Waals surface area contributed by atoms with E-state index in [1.807, 2.05) is 0 Å². The Kier molecular flexibility index (Phi) is 6.56. The highest BCUT2D eigenvalue weighted by Gasteiger charge is 2.10. The number of hydrogen-bond donors (Lipinski definition) is 0. The number of Topliss-reactive ketones (excluding diaryl/α,β-unsaturated/α-hetero) is 1. The molecule has 0 aliphatic carbocycles. The van der Waals surface area contributed by atoms with E-state index in [1.54, 1.807) is 0 Å². The van der Waals surface area contributed by atoms with Crippen LogP contribution >= 0.6 is 0 Å². The van der Waals surface area contributed by atoms with Crippen LogP contribution in [0.5, 0.6) is 11.5 Å². The molecule has 0 N–H and O–H groups in total. The lowest BCUT2D eigenvalue weighted by Gasteiger charge is -2.17. The Bertz CT molecular complexity index is 606.